The zero-order valence-corrected chi connectivity index (χ0v) is 48.8. The average Bonchev–Trinajstić information content (AvgIpc) is 1.53. The molecule has 406 valence electrons. The Morgan fingerprint density at radius 2 is 0.721 bits per heavy atom. The van der Waals surface area contributed by atoms with Crippen molar-refractivity contribution in [3.8, 4) is 33.6 Å². The molecule has 0 aliphatic heterocycles. The quantitative estimate of drug-likeness (QED) is 0.173. The molecular formula is C81H57N5. The molecule has 0 aliphatic rings. The third-order valence-corrected chi connectivity index (χ3v) is 19.4. The lowest BCUT2D eigenvalue weighted by atomic mass is 9.83. The Morgan fingerprint density at radius 1 is 0.291 bits per heavy atom. The Labute approximate surface area is 495 Å². The normalized spacial score (nSPS) is 13.0. The van der Waals surface area contributed by atoms with Crippen LogP contribution in [0.1, 0.15) is 52.7 Å². The minimum atomic E-state index is -0.129. The molecule has 0 amide bonds. The average molecular weight is 1100 g/mol. The fourth-order valence-corrected chi connectivity index (χ4v) is 15.4. The van der Waals surface area contributed by atoms with E-state index in [2.05, 4.69) is 296 Å². The monoisotopic (exact) mass is 1100 g/mol. The second kappa shape index (κ2) is 16.6. The molecule has 0 unspecified atom stereocenters. The van der Waals surface area contributed by atoms with Crippen LogP contribution in [-0.4, -0.2) is 22.9 Å². The summed E-state index contributed by atoms with van der Waals surface area (Å²) in [6, 6.07) is 89.1. The summed E-state index contributed by atoms with van der Waals surface area (Å²) < 4.78 is 10.0. The second-order valence-electron chi connectivity index (χ2n) is 26.3. The van der Waals surface area contributed by atoms with Crippen LogP contribution in [0.4, 0.5) is 0 Å². The summed E-state index contributed by atoms with van der Waals surface area (Å²) in [4.78, 5) is 6.15. The van der Waals surface area contributed by atoms with Gasteiger partial charge in [-0.15, -0.1) is 0 Å². The molecule has 5 nitrogen and oxygen atoms in total. The highest BCUT2D eigenvalue weighted by molar-refractivity contribution is 6.36. The lowest BCUT2D eigenvalue weighted by Gasteiger charge is -2.21. The third kappa shape index (κ3) is 6.31. The molecule has 7 aromatic heterocycles. The molecule has 0 spiro atoms. The van der Waals surface area contributed by atoms with Crippen molar-refractivity contribution in [1.82, 2.24) is 22.9 Å². The minimum absolute atomic E-state index is 0.125. The molecule has 12 aromatic carbocycles. The van der Waals surface area contributed by atoms with Gasteiger partial charge >= 0.3 is 0 Å². The van der Waals surface area contributed by atoms with Crippen LogP contribution in [0.25, 0.3) is 175 Å². The summed E-state index contributed by atoms with van der Waals surface area (Å²) in [5.41, 5.74) is 22.2. The standard InChI is InChI=1S/C81H57N5/c1-80(2,3)50-41-58(48-33-35-69-60(37-48)56-29-17-19-31-67(56)83(69)52-23-9-7-10-24-52)75-64(43-50)73-55-28-16-14-22-47(55)40-66-74-71(85(75)78(66)73)45-63-62-39-46-21-13-15-27-54(46)72-65-44-51(81(4,5)6)42-59(76(65)86(77(62)72)79(63)82-74)49-34-36-70-61(38-49)57-30-18-20-32-68(57)84(70)53-25-11-8-12-26-53/h7-45H,1-6H3. The van der Waals surface area contributed by atoms with Crippen LogP contribution in [-0.2, 0) is 10.8 Å². The summed E-state index contributed by atoms with van der Waals surface area (Å²) in [5, 5.41) is 18.5. The zero-order valence-electron chi connectivity index (χ0n) is 48.8. The lowest BCUT2D eigenvalue weighted by Crippen LogP contribution is -2.11. The van der Waals surface area contributed by atoms with Crippen LogP contribution < -0.4 is 0 Å². The molecule has 0 aliphatic carbocycles. The summed E-state index contributed by atoms with van der Waals surface area (Å²) >= 11 is 0. The molecule has 5 heteroatoms. The van der Waals surface area contributed by atoms with Crippen LogP contribution in [0, 0.1) is 0 Å². The maximum atomic E-state index is 6.15. The number of hydrogen-bond donors (Lipinski definition) is 0. The van der Waals surface area contributed by atoms with E-state index in [0.717, 1.165) is 33.4 Å². The van der Waals surface area contributed by atoms with E-state index in [1.807, 2.05) is 0 Å². The van der Waals surface area contributed by atoms with Crippen molar-refractivity contribution in [1.29, 1.82) is 0 Å². The van der Waals surface area contributed by atoms with Crippen molar-refractivity contribution in [3.63, 3.8) is 0 Å². The number of benzene rings is 12. The van der Waals surface area contributed by atoms with Gasteiger partial charge in [0.15, 0.2) is 0 Å². The van der Waals surface area contributed by atoms with Crippen LogP contribution in [0.2, 0.25) is 0 Å². The predicted molar refractivity (Wildman–Crippen MR) is 366 cm³/mol. The molecule has 0 bridgehead atoms. The van der Waals surface area contributed by atoms with E-state index in [0.29, 0.717) is 0 Å². The van der Waals surface area contributed by atoms with Crippen molar-refractivity contribution < 1.29 is 0 Å². The number of pyridine rings is 1. The molecule has 0 saturated carbocycles. The second-order valence-corrected chi connectivity index (χ2v) is 26.3. The molecule has 0 radical (unpaired) electrons. The number of fused-ring (bicyclic) bond motifs is 22. The number of rotatable bonds is 4. The van der Waals surface area contributed by atoms with Gasteiger partial charge in [-0.05, 0) is 158 Å². The number of para-hydroxylation sites is 4. The first-order valence-corrected chi connectivity index (χ1v) is 30.3. The lowest BCUT2D eigenvalue weighted by molar-refractivity contribution is 0.591. The van der Waals surface area contributed by atoms with E-state index in [9.17, 15) is 0 Å². The zero-order chi connectivity index (χ0) is 57.2. The van der Waals surface area contributed by atoms with E-state index >= 15 is 0 Å². The van der Waals surface area contributed by atoms with E-state index in [-0.39, 0.29) is 10.8 Å². The van der Waals surface area contributed by atoms with Crippen molar-refractivity contribution in [3.05, 3.63) is 248 Å². The molecule has 0 fully saturated rings. The maximum Gasteiger partial charge on any atom is 0.146 e. The first-order chi connectivity index (χ1) is 41.9. The first-order valence-electron chi connectivity index (χ1n) is 30.3. The molecule has 0 N–H and O–H groups in total. The minimum Gasteiger partial charge on any atom is -0.309 e. The highest BCUT2D eigenvalue weighted by Crippen LogP contribution is 2.52. The van der Waals surface area contributed by atoms with Crippen LogP contribution in [0.15, 0.2) is 237 Å². The Morgan fingerprint density at radius 3 is 1.23 bits per heavy atom. The molecule has 19 rings (SSSR count). The smallest absolute Gasteiger partial charge is 0.146 e. The van der Waals surface area contributed by atoms with Crippen molar-refractivity contribution >= 4 is 142 Å². The Balaban J connectivity index is 0.961. The molecule has 0 saturated heterocycles. The van der Waals surface area contributed by atoms with Crippen molar-refractivity contribution in [2.24, 2.45) is 0 Å². The number of nitrogens with zero attached hydrogens (tertiary/aromatic N) is 5. The van der Waals surface area contributed by atoms with E-state index < -0.39 is 0 Å². The van der Waals surface area contributed by atoms with Gasteiger partial charge in [0.2, 0.25) is 0 Å². The van der Waals surface area contributed by atoms with E-state index in [1.165, 1.54) is 153 Å². The maximum absolute atomic E-state index is 6.15. The SMILES string of the molecule is CC(C)(C)c1cc(-c2ccc3c(c2)c2ccccc2n3-c2ccccc2)c2c(c1)c1c3ccccc3cc3c4nc5c(cc4n2c31)c1cc2ccccc2c2c3cc(C(C)(C)C)cc(-c4ccc6c(c4)c4ccccc4n6-c4ccccc4)c3n5c12. The van der Waals surface area contributed by atoms with Gasteiger partial charge in [-0.1, -0.05) is 175 Å². The van der Waals surface area contributed by atoms with E-state index in [4.69, 9.17) is 4.98 Å². The Bertz CT molecular complexity index is 5750. The fraction of sp³-hybridized carbons (Fsp3) is 0.0988. The molecule has 86 heavy (non-hydrogen) atoms. The van der Waals surface area contributed by atoms with Gasteiger partial charge in [0.1, 0.15) is 5.65 Å². The van der Waals surface area contributed by atoms with Gasteiger partial charge in [0, 0.05) is 81.8 Å². The highest BCUT2D eigenvalue weighted by atomic mass is 15.0. The van der Waals surface area contributed by atoms with Gasteiger partial charge in [0.25, 0.3) is 0 Å². The Kier molecular flexibility index (Phi) is 9.28. The largest absolute Gasteiger partial charge is 0.309 e. The first kappa shape index (κ1) is 47.9. The van der Waals surface area contributed by atoms with Gasteiger partial charge in [0.05, 0.1) is 55.2 Å². The predicted octanol–water partition coefficient (Wildman–Crippen LogP) is 21.8. The van der Waals surface area contributed by atoms with Gasteiger partial charge in [-0.25, -0.2) is 4.98 Å². The number of aromatic nitrogens is 5. The molecule has 0 atom stereocenters. The molecular weight excluding hydrogens is 1040 g/mol. The molecule has 19 aromatic rings. The van der Waals surface area contributed by atoms with E-state index in [1.54, 1.807) is 0 Å². The third-order valence-electron chi connectivity index (χ3n) is 19.4. The van der Waals surface area contributed by atoms with Gasteiger partial charge < -0.3 is 13.5 Å². The van der Waals surface area contributed by atoms with Crippen LogP contribution >= 0.6 is 0 Å². The van der Waals surface area contributed by atoms with Gasteiger partial charge in [-0.2, -0.15) is 0 Å². The fourth-order valence-electron chi connectivity index (χ4n) is 15.4. The van der Waals surface area contributed by atoms with Crippen LogP contribution in [0.3, 0.4) is 0 Å². The summed E-state index contributed by atoms with van der Waals surface area (Å²) in [6.45, 7) is 14.1. The highest BCUT2D eigenvalue weighted by Gasteiger charge is 2.31. The molecule has 7 heterocycles. The summed E-state index contributed by atoms with van der Waals surface area (Å²) in [7, 11) is 0. The topological polar surface area (TPSA) is 31.6 Å². The van der Waals surface area contributed by atoms with Crippen molar-refractivity contribution in [2.45, 2.75) is 52.4 Å². The number of hydrogen-bond acceptors (Lipinski definition) is 1. The summed E-state index contributed by atoms with van der Waals surface area (Å²) in [6.07, 6.45) is 0. The van der Waals surface area contributed by atoms with Crippen molar-refractivity contribution in [2.75, 3.05) is 0 Å². The summed E-state index contributed by atoms with van der Waals surface area (Å²) in [5.74, 6) is 0. The van der Waals surface area contributed by atoms with Gasteiger partial charge in [-0.3, -0.25) is 4.40 Å². The Hall–Kier alpha value is -10.5. The van der Waals surface area contributed by atoms with Crippen LogP contribution in [0.5, 0.6) is 0 Å².